The van der Waals surface area contributed by atoms with Crippen LogP contribution in [0.2, 0.25) is 19.6 Å². The Morgan fingerprint density at radius 1 is 1.45 bits per heavy atom. The van der Waals surface area contributed by atoms with Gasteiger partial charge in [-0.15, -0.1) is 0 Å². The molecule has 1 atom stereocenters. The topological polar surface area (TPSA) is 55.4 Å². The first-order chi connectivity index (χ1) is 10.0. The van der Waals surface area contributed by atoms with E-state index in [1.165, 1.54) is 7.11 Å². The molecule has 4 nitrogen and oxygen atoms in total. The maximum Gasteiger partial charge on any atom is 0.335 e. The number of hydrogen-bond donors (Lipinski definition) is 1. The quantitative estimate of drug-likeness (QED) is 0.481. The van der Waals surface area contributed by atoms with E-state index < -0.39 is 19.6 Å². The first-order valence-electron chi connectivity index (χ1n) is 7.54. The second kappa shape index (κ2) is 6.65. The van der Waals surface area contributed by atoms with Crippen LogP contribution >= 0.6 is 0 Å². The molecular weight excluding hydrogens is 294 g/mol. The van der Waals surface area contributed by atoms with Crippen molar-refractivity contribution < 1.29 is 14.3 Å². The zero-order valence-corrected chi connectivity index (χ0v) is 15.4. The predicted molar refractivity (Wildman–Crippen MR) is 92.1 cm³/mol. The molecule has 1 rings (SSSR count). The molecule has 0 aromatic heterocycles. The van der Waals surface area contributed by atoms with Gasteiger partial charge in [0.1, 0.15) is 0 Å². The molecule has 0 fully saturated rings. The fourth-order valence-corrected chi connectivity index (χ4v) is 3.82. The van der Waals surface area contributed by atoms with Gasteiger partial charge in [-0.25, -0.2) is 4.79 Å². The molecule has 0 aliphatic carbocycles. The van der Waals surface area contributed by atoms with Gasteiger partial charge in [0.25, 0.3) is 5.91 Å². The molecule has 0 radical (unpaired) electrons. The molecule has 1 aliphatic heterocycles. The summed E-state index contributed by atoms with van der Waals surface area (Å²) >= 11 is 0. The Kier molecular flexibility index (Phi) is 5.57. The summed E-state index contributed by atoms with van der Waals surface area (Å²) in [6.07, 6.45) is 3.92. The molecular formula is C17H27NO3Si. The highest BCUT2D eigenvalue weighted by atomic mass is 28.3. The summed E-state index contributed by atoms with van der Waals surface area (Å²) in [5, 5.41) is 2.87. The zero-order valence-electron chi connectivity index (χ0n) is 14.4. The molecule has 1 unspecified atom stereocenters. The number of esters is 1. The van der Waals surface area contributed by atoms with Crippen LogP contribution in [-0.2, 0) is 14.3 Å². The Morgan fingerprint density at radius 2 is 2.05 bits per heavy atom. The van der Waals surface area contributed by atoms with Gasteiger partial charge >= 0.3 is 5.97 Å². The maximum absolute atomic E-state index is 12.6. The summed E-state index contributed by atoms with van der Waals surface area (Å²) in [7, 11) is -0.247. The third kappa shape index (κ3) is 4.19. The maximum atomic E-state index is 12.6. The number of ether oxygens (including phenoxy) is 1. The van der Waals surface area contributed by atoms with Gasteiger partial charge in [-0.3, -0.25) is 4.79 Å². The number of amides is 1. The Bertz CT molecular complexity index is 541. The second-order valence-corrected chi connectivity index (χ2v) is 12.3. The molecule has 0 saturated heterocycles. The molecule has 1 aliphatic rings. The van der Waals surface area contributed by atoms with E-state index >= 15 is 0 Å². The third-order valence-electron chi connectivity index (χ3n) is 3.37. The number of methoxy groups -OCH3 is 1. The normalized spacial score (nSPS) is 24.0. The van der Waals surface area contributed by atoms with Gasteiger partial charge in [-0.1, -0.05) is 51.8 Å². The number of nitrogens with one attached hydrogen (secondary N) is 1. The van der Waals surface area contributed by atoms with Gasteiger partial charge in [0, 0.05) is 5.57 Å². The van der Waals surface area contributed by atoms with E-state index in [-0.39, 0.29) is 11.8 Å². The van der Waals surface area contributed by atoms with Crippen LogP contribution in [0, 0.1) is 5.92 Å². The molecule has 0 aromatic carbocycles. The summed E-state index contributed by atoms with van der Waals surface area (Å²) < 4.78 is 4.93. The third-order valence-corrected chi connectivity index (χ3v) is 4.53. The number of allylic oxidation sites excluding steroid dienone is 1. The van der Waals surface area contributed by atoms with Crippen LogP contribution in [0.4, 0.5) is 0 Å². The van der Waals surface area contributed by atoms with E-state index in [0.717, 1.165) is 0 Å². The molecule has 0 saturated carbocycles. The molecule has 1 N–H and O–H groups in total. The highest BCUT2D eigenvalue weighted by Crippen LogP contribution is 2.30. The first kappa shape index (κ1) is 18.4. The van der Waals surface area contributed by atoms with E-state index in [1.807, 2.05) is 19.5 Å². The lowest BCUT2D eigenvalue weighted by atomic mass is 9.82. The van der Waals surface area contributed by atoms with Gasteiger partial charge in [0.05, 0.1) is 15.2 Å². The average molecular weight is 321 g/mol. The lowest BCUT2D eigenvalue weighted by Crippen LogP contribution is -2.57. The van der Waals surface area contributed by atoms with Crippen LogP contribution in [-0.4, -0.2) is 32.6 Å². The zero-order chi connectivity index (χ0) is 17.1. The number of hydrogen-bond acceptors (Lipinski definition) is 3. The molecule has 0 bridgehead atoms. The molecule has 5 heteroatoms. The van der Waals surface area contributed by atoms with Crippen LogP contribution in [0.1, 0.15) is 20.3 Å². The summed E-state index contributed by atoms with van der Waals surface area (Å²) in [6.45, 7) is 14.3. The Balaban J connectivity index is 3.45. The van der Waals surface area contributed by atoms with E-state index in [9.17, 15) is 9.59 Å². The molecule has 0 aromatic rings. The minimum absolute atomic E-state index is 0.226. The van der Waals surface area contributed by atoms with Crippen molar-refractivity contribution in [3.8, 4) is 0 Å². The van der Waals surface area contributed by atoms with Crippen LogP contribution in [0.15, 0.2) is 35.6 Å². The van der Waals surface area contributed by atoms with Crippen molar-refractivity contribution >= 4 is 20.0 Å². The minimum atomic E-state index is -1.59. The first-order valence-corrected chi connectivity index (χ1v) is 11.1. The largest absolute Gasteiger partial charge is 0.467 e. The Labute approximate surface area is 134 Å². The van der Waals surface area contributed by atoms with Crippen molar-refractivity contribution in [3.63, 3.8) is 0 Å². The number of carbonyl (C=O) groups is 2. The number of rotatable bonds is 5. The van der Waals surface area contributed by atoms with Crippen molar-refractivity contribution in [2.45, 2.75) is 45.4 Å². The summed E-state index contributed by atoms with van der Waals surface area (Å²) in [6, 6.07) is 0. The molecule has 22 heavy (non-hydrogen) atoms. The predicted octanol–water partition coefficient (Wildman–Crippen LogP) is 2.99. The SMILES string of the molecule is C=CC1=CC(CC(C)C)(C(=O)OC)NC(=O)/C1=C\[Si](C)(C)C. The number of carbonyl (C=O) groups excluding carboxylic acids is 2. The lowest BCUT2D eigenvalue weighted by Gasteiger charge is -2.35. The van der Waals surface area contributed by atoms with E-state index in [4.69, 9.17) is 4.74 Å². The van der Waals surface area contributed by atoms with Crippen LogP contribution in [0.25, 0.3) is 0 Å². The standard InChI is InChI=1S/C17H27NO3Si/c1-8-13-10-17(9-12(2)3,16(20)21-4)18-15(19)14(13)11-22(5,6)7/h8,10-12H,1,9H2,2-7H3,(H,18,19)/b14-11-. The highest BCUT2D eigenvalue weighted by molar-refractivity contribution is 6.81. The second-order valence-electron chi connectivity index (χ2n) is 7.24. The van der Waals surface area contributed by atoms with Crippen LogP contribution < -0.4 is 5.32 Å². The fourth-order valence-electron chi connectivity index (χ4n) is 2.66. The average Bonchev–Trinajstić information content (AvgIpc) is 2.38. The van der Waals surface area contributed by atoms with Crippen LogP contribution in [0.5, 0.6) is 0 Å². The van der Waals surface area contributed by atoms with Gasteiger partial charge in [-0.05, 0) is 24.0 Å². The summed E-state index contributed by atoms with van der Waals surface area (Å²) in [5.74, 6) is -0.448. The molecule has 1 amide bonds. The van der Waals surface area contributed by atoms with Crippen molar-refractivity contribution in [2.24, 2.45) is 5.92 Å². The van der Waals surface area contributed by atoms with Gasteiger partial charge in [0.2, 0.25) is 0 Å². The monoisotopic (exact) mass is 321 g/mol. The van der Waals surface area contributed by atoms with Crippen molar-refractivity contribution in [3.05, 3.63) is 35.6 Å². The Morgan fingerprint density at radius 3 is 2.45 bits per heavy atom. The summed E-state index contributed by atoms with van der Waals surface area (Å²) in [4.78, 5) is 24.9. The van der Waals surface area contributed by atoms with Crippen molar-refractivity contribution in [2.75, 3.05) is 7.11 Å². The van der Waals surface area contributed by atoms with Crippen molar-refractivity contribution in [1.29, 1.82) is 0 Å². The van der Waals surface area contributed by atoms with E-state index in [2.05, 4.69) is 31.5 Å². The minimum Gasteiger partial charge on any atom is -0.467 e. The van der Waals surface area contributed by atoms with Crippen molar-refractivity contribution in [1.82, 2.24) is 5.32 Å². The van der Waals surface area contributed by atoms with Gasteiger partial charge < -0.3 is 10.1 Å². The van der Waals surface area contributed by atoms with E-state index in [0.29, 0.717) is 17.6 Å². The smallest absolute Gasteiger partial charge is 0.335 e. The van der Waals surface area contributed by atoms with Gasteiger partial charge in [0.15, 0.2) is 5.54 Å². The van der Waals surface area contributed by atoms with Crippen LogP contribution in [0.3, 0.4) is 0 Å². The van der Waals surface area contributed by atoms with E-state index in [1.54, 1.807) is 12.2 Å². The highest BCUT2D eigenvalue weighted by Gasteiger charge is 2.44. The Hall–Kier alpha value is -1.62. The fraction of sp³-hybridized carbons (Fsp3) is 0.529. The lowest BCUT2D eigenvalue weighted by molar-refractivity contribution is -0.149. The molecule has 1 heterocycles. The van der Waals surface area contributed by atoms with Gasteiger partial charge in [-0.2, -0.15) is 0 Å². The summed E-state index contributed by atoms with van der Waals surface area (Å²) in [5.41, 5.74) is 2.24. The molecule has 122 valence electrons. The molecule has 0 spiro atoms.